The summed E-state index contributed by atoms with van der Waals surface area (Å²) in [6.07, 6.45) is 2.28. The fourth-order valence-electron chi connectivity index (χ4n) is 2.44. The van der Waals surface area contributed by atoms with Crippen molar-refractivity contribution in [3.8, 4) is 0 Å². The summed E-state index contributed by atoms with van der Waals surface area (Å²) in [4.78, 5) is 16.2. The number of hydrogen-bond donors (Lipinski definition) is 3. The summed E-state index contributed by atoms with van der Waals surface area (Å²) in [5, 5.41) is 10.1. The van der Waals surface area contributed by atoms with E-state index in [1.54, 1.807) is 13.1 Å². The Morgan fingerprint density at radius 1 is 1.27 bits per heavy atom. The molecule has 0 saturated carbocycles. The molecule has 0 saturated heterocycles. The van der Waals surface area contributed by atoms with Crippen molar-refractivity contribution in [2.75, 3.05) is 20.1 Å². The van der Waals surface area contributed by atoms with Crippen molar-refractivity contribution >= 4 is 23.5 Å². The van der Waals surface area contributed by atoms with Crippen LogP contribution in [0.5, 0.6) is 0 Å². The molecule has 3 N–H and O–H groups in total. The van der Waals surface area contributed by atoms with Gasteiger partial charge in [-0.05, 0) is 44.0 Å². The minimum Gasteiger partial charge on any atom is -0.459 e. The summed E-state index contributed by atoms with van der Waals surface area (Å²) < 4.78 is 5.17. The maximum atomic E-state index is 11.9. The molecule has 0 aliphatic carbocycles. The topological polar surface area (TPSA) is 78.7 Å². The molecule has 0 aliphatic heterocycles. The highest BCUT2D eigenvalue weighted by molar-refractivity contribution is 6.30. The summed E-state index contributed by atoms with van der Waals surface area (Å²) in [5.74, 6) is 0.876. The van der Waals surface area contributed by atoms with Crippen LogP contribution in [0.1, 0.15) is 41.1 Å². The second-order valence-corrected chi connectivity index (χ2v) is 6.40. The predicted octanol–water partition coefficient (Wildman–Crippen LogP) is 3.29. The van der Waals surface area contributed by atoms with Crippen LogP contribution in [0, 0.1) is 6.92 Å². The molecular formula is C19H25ClN4O2. The molecule has 0 bridgehead atoms. The van der Waals surface area contributed by atoms with E-state index in [0.29, 0.717) is 29.8 Å². The SMILES string of the molecule is CN=C(NCCCNC(=O)c1occc1C)NC(C)c1cccc(Cl)c1. The van der Waals surface area contributed by atoms with Crippen LogP contribution in [0.15, 0.2) is 46.0 Å². The molecule has 0 aliphatic rings. The normalized spacial score (nSPS) is 12.5. The van der Waals surface area contributed by atoms with E-state index >= 15 is 0 Å². The number of rotatable bonds is 7. The van der Waals surface area contributed by atoms with E-state index < -0.39 is 0 Å². The van der Waals surface area contributed by atoms with Gasteiger partial charge >= 0.3 is 0 Å². The number of benzene rings is 1. The van der Waals surface area contributed by atoms with E-state index in [-0.39, 0.29) is 11.9 Å². The van der Waals surface area contributed by atoms with Gasteiger partial charge in [0.05, 0.1) is 12.3 Å². The van der Waals surface area contributed by atoms with Gasteiger partial charge in [-0.3, -0.25) is 9.79 Å². The zero-order valence-electron chi connectivity index (χ0n) is 15.3. The fraction of sp³-hybridized carbons (Fsp3) is 0.368. The van der Waals surface area contributed by atoms with Crippen molar-refractivity contribution in [1.29, 1.82) is 0 Å². The first kappa shape index (κ1) is 19.8. The maximum absolute atomic E-state index is 11.9. The zero-order valence-corrected chi connectivity index (χ0v) is 16.1. The van der Waals surface area contributed by atoms with Crippen LogP contribution in [0.2, 0.25) is 5.02 Å². The van der Waals surface area contributed by atoms with Crippen LogP contribution in [0.4, 0.5) is 0 Å². The third kappa shape index (κ3) is 5.81. The van der Waals surface area contributed by atoms with Gasteiger partial charge in [-0.15, -0.1) is 0 Å². The van der Waals surface area contributed by atoms with Gasteiger partial charge in [0, 0.05) is 30.7 Å². The number of halogens is 1. The van der Waals surface area contributed by atoms with Crippen LogP contribution in [0.25, 0.3) is 0 Å². The van der Waals surface area contributed by atoms with E-state index in [9.17, 15) is 4.79 Å². The average Bonchev–Trinajstić information content (AvgIpc) is 3.06. The Bertz CT molecular complexity index is 758. The number of carbonyl (C=O) groups excluding carboxylic acids is 1. The fourth-order valence-corrected chi connectivity index (χ4v) is 2.64. The minimum atomic E-state index is -0.190. The number of aryl methyl sites for hydroxylation is 1. The van der Waals surface area contributed by atoms with Crippen molar-refractivity contribution in [2.24, 2.45) is 4.99 Å². The molecule has 0 fully saturated rings. The van der Waals surface area contributed by atoms with Gasteiger partial charge in [0.1, 0.15) is 0 Å². The van der Waals surface area contributed by atoms with E-state index in [1.165, 1.54) is 6.26 Å². The van der Waals surface area contributed by atoms with Crippen molar-refractivity contribution in [3.63, 3.8) is 0 Å². The highest BCUT2D eigenvalue weighted by Gasteiger charge is 2.11. The number of nitrogens with zero attached hydrogens (tertiary/aromatic N) is 1. The number of furan rings is 1. The molecule has 0 radical (unpaired) electrons. The third-order valence-corrected chi connectivity index (χ3v) is 4.16. The van der Waals surface area contributed by atoms with Gasteiger partial charge in [-0.1, -0.05) is 23.7 Å². The number of carbonyl (C=O) groups is 1. The molecule has 2 aromatic rings. The Kier molecular flexibility index (Phi) is 7.53. The van der Waals surface area contributed by atoms with Gasteiger partial charge in [0.25, 0.3) is 5.91 Å². The average molecular weight is 377 g/mol. The standard InChI is InChI=1S/C19H25ClN4O2/c1-13-8-11-26-17(13)18(25)22-9-5-10-23-19(21-3)24-14(2)15-6-4-7-16(20)12-15/h4,6-8,11-12,14H,5,9-10H2,1-3H3,(H,22,25)(H2,21,23,24). The van der Waals surface area contributed by atoms with E-state index in [0.717, 1.165) is 17.5 Å². The van der Waals surface area contributed by atoms with Gasteiger partial charge in [0.15, 0.2) is 11.7 Å². The largest absolute Gasteiger partial charge is 0.459 e. The quantitative estimate of drug-likeness (QED) is 0.393. The number of nitrogens with one attached hydrogen (secondary N) is 3. The molecule has 1 atom stereocenters. The number of guanidine groups is 1. The van der Waals surface area contributed by atoms with Crippen LogP contribution in [0.3, 0.4) is 0 Å². The smallest absolute Gasteiger partial charge is 0.287 e. The second kappa shape index (κ2) is 9.87. The Morgan fingerprint density at radius 2 is 2.04 bits per heavy atom. The maximum Gasteiger partial charge on any atom is 0.287 e. The van der Waals surface area contributed by atoms with Crippen LogP contribution < -0.4 is 16.0 Å². The summed E-state index contributed by atoms with van der Waals surface area (Å²) in [7, 11) is 1.72. The van der Waals surface area contributed by atoms with E-state index in [4.69, 9.17) is 16.0 Å². The van der Waals surface area contributed by atoms with E-state index in [2.05, 4.69) is 20.9 Å². The summed E-state index contributed by atoms with van der Waals surface area (Å²) >= 11 is 6.04. The molecule has 0 spiro atoms. The lowest BCUT2D eigenvalue weighted by atomic mass is 10.1. The molecule has 7 heteroatoms. The van der Waals surface area contributed by atoms with Crippen LogP contribution in [-0.2, 0) is 0 Å². The monoisotopic (exact) mass is 376 g/mol. The molecule has 2 rings (SSSR count). The summed E-state index contributed by atoms with van der Waals surface area (Å²) in [6, 6.07) is 9.56. The lowest BCUT2D eigenvalue weighted by Gasteiger charge is -2.18. The van der Waals surface area contributed by atoms with Crippen molar-refractivity contribution in [2.45, 2.75) is 26.3 Å². The van der Waals surface area contributed by atoms with E-state index in [1.807, 2.05) is 38.1 Å². The molecule has 140 valence electrons. The first-order chi connectivity index (χ1) is 12.5. The van der Waals surface area contributed by atoms with Crippen molar-refractivity contribution in [3.05, 3.63) is 58.5 Å². The van der Waals surface area contributed by atoms with Gasteiger partial charge < -0.3 is 20.4 Å². The first-order valence-electron chi connectivity index (χ1n) is 8.56. The minimum absolute atomic E-state index is 0.0709. The number of amides is 1. The predicted molar refractivity (Wildman–Crippen MR) is 105 cm³/mol. The van der Waals surface area contributed by atoms with Crippen molar-refractivity contribution < 1.29 is 9.21 Å². The summed E-state index contributed by atoms with van der Waals surface area (Å²) in [6.45, 7) is 5.12. The molecule has 26 heavy (non-hydrogen) atoms. The Balaban J connectivity index is 1.70. The zero-order chi connectivity index (χ0) is 18.9. The molecular weight excluding hydrogens is 352 g/mol. The molecule has 6 nitrogen and oxygen atoms in total. The van der Waals surface area contributed by atoms with Crippen molar-refractivity contribution in [1.82, 2.24) is 16.0 Å². The number of aliphatic imine (C=N–C) groups is 1. The van der Waals surface area contributed by atoms with Crippen LogP contribution in [-0.4, -0.2) is 32.0 Å². The highest BCUT2D eigenvalue weighted by atomic mass is 35.5. The van der Waals surface area contributed by atoms with Gasteiger partial charge in [-0.2, -0.15) is 0 Å². The Morgan fingerprint density at radius 3 is 2.69 bits per heavy atom. The second-order valence-electron chi connectivity index (χ2n) is 5.96. The molecule has 1 aromatic carbocycles. The molecule has 1 unspecified atom stereocenters. The first-order valence-corrected chi connectivity index (χ1v) is 8.94. The Labute approximate surface area is 159 Å². The third-order valence-electron chi connectivity index (χ3n) is 3.93. The molecule has 1 heterocycles. The lowest BCUT2D eigenvalue weighted by Crippen LogP contribution is -2.40. The summed E-state index contributed by atoms with van der Waals surface area (Å²) in [5.41, 5.74) is 1.92. The van der Waals surface area contributed by atoms with Gasteiger partial charge in [-0.25, -0.2) is 0 Å². The van der Waals surface area contributed by atoms with Gasteiger partial charge in [0.2, 0.25) is 0 Å². The van der Waals surface area contributed by atoms with Crippen LogP contribution >= 0.6 is 11.6 Å². The molecule has 1 aromatic heterocycles. The highest BCUT2D eigenvalue weighted by Crippen LogP contribution is 2.17. The number of hydrogen-bond acceptors (Lipinski definition) is 3. The Hall–Kier alpha value is -2.47. The molecule has 1 amide bonds. The lowest BCUT2D eigenvalue weighted by molar-refractivity contribution is 0.0925.